The molecule has 2 aromatic rings. The van der Waals surface area contributed by atoms with Crippen molar-refractivity contribution in [2.75, 3.05) is 44.8 Å². The summed E-state index contributed by atoms with van der Waals surface area (Å²) in [7, 11) is -3.56. The lowest BCUT2D eigenvalue weighted by Crippen LogP contribution is -2.40. The fourth-order valence-corrected chi connectivity index (χ4v) is 4.76. The van der Waals surface area contributed by atoms with Crippen LogP contribution >= 0.6 is 0 Å². The second kappa shape index (κ2) is 8.51. The topological polar surface area (TPSA) is 118 Å². The second-order valence-electron chi connectivity index (χ2n) is 6.87. The predicted molar refractivity (Wildman–Crippen MR) is 104 cm³/mol. The molecule has 0 radical (unpaired) electrons. The van der Waals surface area contributed by atoms with Crippen LogP contribution < -0.4 is 5.32 Å². The van der Waals surface area contributed by atoms with Gasteiger partial charge in [-0.05, 0) is 37.1 Å². The average molecular weight is 418 g/mol. The third-order valence-corrected chi connectivity index (χ3v) is 6.87. The van der Waals surface area contributed by atoms with Gasteiger partial charge in [-0.2, -0.15) is 14.6 Å². The number of rotatable bonds is 6. The number of morpholine rings is 1. The molecule has 1 atom stereocenters. The number of nitrogens with zero attached hydrogens (tertiary/aromatic N) is 3. The van der Waals surface area contributed by atoms with Crippen molar-refractivity contribution in [2.45, 2.75) is 23.8 Å². The molecule has 4 rings (SSSR count). The van der Waals surface area contributed by atoms with Crippen molar-refractivity contribution in [3.8, 4) is 17.5 Å². The van der Waals surface area contributed by atoms with Crippen LogP contribution in [0.5, 0.6) is 0 Å². The first kappa shape index (κ1) is 19.8. The highest BCUT2D eigenvalue weighted by Crippen LogP contribution is 2.27. The molecule has 1 aromatic heterocycles. The van der Waals surface area contributed by atoms with Gasteiger partial charge in [-0.3, -0.25) is 0 Å². The zero-order chi connectivity index (χ0) is 20.3. The van der Waals surface area contributed by atoms with E-state index < -0.39 is 10.0 Å². The molecule has 1 aromatic carbocycles. The summed E-state index contributed by atoms with van der Waals surface area (Å²) in [6, 6.07) is 8.32. The van der Waals surface area contributed by atoms with Crippen LogP contribution in [0.15, 0.2) is 33.6 Å². The number of aromatic nitrogens is 1. The smallest absolute Gasteiger partial charge is 0.243 e. The summed E-state index contributed by atoms with van der Waals surface area (Å²) in [6.07, 6.45) is 2.09. The largest absolute Gasteiger partial charge is 0.419 e. The molecule has 29 heavy (non-hydrogen) atoms. The lowest BCUT2D eigenvalue weighted by molar-refractivity contribution is 0.0730. The lowest BCUT2D eigenvalue weighted by Gasteiger charge is -2.26. The van der Waals surface area contributed by atoms with Gasteiger partial charge in [0.15, 0.2) is 0 Å². The Morgan fingerprint density at radius 1 is 1.21 bits per heavy atom. The maximum Gasteiger partial charge on any atom is 0.243 e. The molecule has 0 spiro atoms. The average Bonchev–Trinajstić information content (AvgIpc) is 3.42. The number of sulfonamides is 1. The number of oxazole rings is 1. The summed E-state index contributed by atoms with van der Waals surface area (Å²) >= 11 is 0. The predicted octanol–water partition coefficient (Wildman–Crippen LogP) is 1.83. The van der Waals surface area contributed by atoms with E-state index in [0.717, 1.165) is 19.4 Å². The number of hydrogen-bond acceptors (Lipinski definition) is 8. The molecule has 1 N–H and O–H groups in total. The number of nitriles is 1. The van der Waals surface area contributed by atoms with Crippen LogP contribution in [0.3, 0.4) is 0 Å². The van der Waals surface area contributed by atoms with Gasteiger partial charge in [0.2, 0.25) is 27.5 Å². The van der Waals surface area contributed by atoms with Crippen LogP contribution in [0.25, 0.3) is 11.5 Å². The minimum absolute atomic E-state index is 0.0970. The first-order chi connectivity index (χ1) is 14.1. The van der Waals surface area contributed by atoms with E-state index in [2.05, 4.69) is 10.3 Å². The van der Waals surface area contributed by atoms with Gasteiger partial charge in [-0.15, -0.1) is 0 Å². The molecule has 2 fully saturated rings. The van der Waals surface area contributed by atoms with E-state index in [9.17, 15) is 13.7 Å². The van der Waals surface area contributed by atoms with Crippen LogP contribution in [0.2, 0.25) is 0 Å². The molecule has 154 valence electrons. The van der Waals surface area contributed by atoms with Gasteiger partial charge in [0.25, 0.3) is 0 Å². The first-order valence-electron chi connectivity index (χ1n) is 9.52. The highest BCUT2D eigenvalue weighted by molar-refractivity contribution is 7.89. The molecule has 9 nitrogen and oxygen atoms in total. The van der Waals surface area contributed by atoms with Crippen LogP contribution in [-0.2, 0) is 19.5 Å². The summed E-state index contributed by atoms with van der Waals surface area (Å²) in [5.41, 5.74) is 0.746. The maximum atomic E-state index is 12.7. The van der Waals surface area contributed by atoms with E-state index >= 15 is 0 Å². The quantitative estimate of drug-likeness (QED) is 0.755. The van der Waals surface area contributed by atoms with Crippen molar-refractivity contribution in [3.05, 3.63) is 30.0 Å². The number of hydrogen-bond donors (Lipinski definition) is 1. The SMILES string of the molecule is N#Cc1nc(-c2ccc(S(=O)(=O)N3CCOCC3)cc2)oc1NC[C@H]1CCCO1. The van der Waals surface area contributed by atoms with E-state index in [0.29, 0.717) is 44.3 Å². The van der Waals surface area contributed by atoms with Crippen LogP contribution in [0.4, 0.5) is 5.88 Å². The van der Waals surface area contributed by atoms with Crippen molar-refractivity contribution in [1.29, 1.82) is 5.26 Å². The molecular formula is C19H22N4O5S. The van der Waals surface area contributed by atoms with Gasteiger partial charge in [0, 0.05) is 31.8 Å². The molecule has 2 aliphatic heterocycles. The van der Waals surface area contributed by atoms with Crippen LogP contribution in [0.1, 0.15) is 18.5 Å². The summed E-state index contributed by atoms with van der Waals surface area (Å²) < 4.78 is 43.3. The molecule has 0 unspecified atom stereocenters. The van der Waals surface area contributed by atoms with Crippen molar-refractivity contribution in [3.63, 3.8) is 0 Å². The fraction of sp³-hybridized carbons (Fsp3) is 0.474. The highest BCUT2D eigenvalue weighted by atomic mass is 32.2. The van der Waals surface area contributed by atoms with E-state index in [4.69, 9.17) is 13.9 Å². The van der Waals surface area contributed by atoms with Crippen molar-refractivity contribution in [1.82, 2.24) is 9.29 Å². The molecule has 2 aliphatic rings. The third kappa shape index (κ3) is 4.28. The standard InChI is InChI=1S/C19H22N4O5S/c20-12-17-19(21-13-15-2-1-9-27-15)28-18(22-17)14-3-5-16(6-4-14)29(24,25)23-7-10-26-11-8-23/h3-6,15,21H,1-2,7-11,13H2/t15-/m1/s1. The molecule has 0 bridgehead atoms. The Morgan fingerprint density at radius 3 is 2.62 bits per heavy atom. The van der Waals surface area contributed by atoms with Crippen molar-refractivity contribution in [2.24, 2.45) is 0 Å². The fourth-order valence-electron chi connectivity index (χ4n) is 3.36. The zero-order valence-corrected chi connectivity index (χ0v) is 16.7. The Hall–Kier alpha value is -2.45. The summed E-state index contributed by atoms with van der Waals surface area (Å²) in [5, 5.41) is 12.4. The van der Waals surface area contributed by atoms with Gasteiger partial charge in [0.05, 0.1) is 24.2 Å². The minimum Gasteiger partial charge on any atom is -0.419 e. The van der Waals surface area contributed by atoms with Gasteiger partial charge >= 0.3 is 0 Å². The number of anilines is 1. The van der Waals surface area contributed by atoms with E-state index in [1.807, 2.05) is 6.07 Å². The number of benzene rings is 1. The minimum atomic E-state index is -3.56. The van der Waals surface area contributed by atoms with E-state index in [-0.39, 0.29) is 22.6 Å². The second-order valence-corrected chi connectivity index (χ2v) is 8.80. The lowest BCUT2D eigenvalue weighted by atomic mass is 10.2. The van der Waals surface area contributed by atoms with Gasteiger partial charge in [-0.1, -0.05) is 0 Å². The summed E-state index contributed by atoms with van der Waals surface area (Å²) in [6.45, 7) is 2.77. The Kier molecular flexibility index (Phi) is 5.82. The Bertz CT molecular complexity index is 985. The van der Waals surface area contributed by atoms with Crippen LogP contribution in [-0.4, -0.2) is 63.3 Å². The molecule has 3 heterocycles. The van der Waals surface area contributed by atoms with Gasteiger partial charge in [0.1, 0.15) is 6.07 Å². The van der Waals surface area contributed by atoms with E-state index in [1.54, 1.807) is 12.1 Å². The monoisotopic (exact) mass is 418 g/mol. The molecule has 10 heteroatoms. The van der Waals surface area contributed by atoms with Crippen molar-refractivity contribution < 1.29 is 22.3 Å². The van der Waals surface area contributed by atoms with Gasteiger partial charge in [-0.25, -0.2) is 8.42 Å². The molecule has 0 aliphatic carbocycles. The first-order valence-corrected chi connectivity index (χ1v) is 11.0. The zero-order valence-electron chi connectivity index (χ0n) is 15.8. The van der Waals surface area contributed by atoms with E-state index in [1.165, 1.54) is 16.4 Å². The Labute approximate surface area is 169 Å². The summed E-state index contributed by atoms with van der Waals surface area (Å²) in [4.78, 5) is 4.42. The summed E-state index contributed by atoms with van der Waals surface area (Å²) in [5.74, 6) is 0.551. The normalized spacial score (nSPS) is 20.4. The number of ether oxygens (including phenoxy) is 2. The van der Waals surface area contributed by atoms with Gasteiger partial charge < -0.3 is 19.2 Å². The Balaban J connectivity index is 1.50. The molecular weight excluding hydrogens is 396 g/mol. The molecule has 0 amide bonds. The van der Waals surface area contributed by atoms with Crippen molar-refractivity contribution >= 4 is 15.9 Å². The third-order valence-electron chi connectivity index (χ3n) is 4.96. The number of nitrogens with one attached hydrogen (secondary N) is 1. The highest BCUT2D eigenvalue weighted by Gasteiger charge is 2.26. The van der Waals surface area contributed by atoms with Crippen LogP contribution in [0, 0.1) is 11.3 Å². The molecule has 2 saturated heterocycles. The maximum absolute atomic E-state index is 12.7. The molecule has 0 saturated carbocycles. The Morgan fingerprint density at radius 2 is 1.97 bits per heavy atom.